The number of likely N-dealkylation sites (tertiary alicyclic amines) is 1. The summed E-state index contributed by atoms with van der Waals surface area (Å²) in [6.45, 7) is 5.49. The number of aryl methyl sites for hydroxylation is 1. The molecule has 0 saturated carbocycles. The van der Waals surface area contributed by atoms with E-state index in [2.05, 4.69) is 51.9 Å². The normalized spacial score (nSPS) is 21.1. The molecule has 2 N–H and O–H groups in total. The number of rotatable bonds is 10. The summed E-state index contributed by atoms with van der Waals surface area (Å²) in [4.78, 5) is 42.6. The Morgan fingerprint density at radius 3 is 2.28 bits per heavy atom. The van der Waals surface area contributed by atoms with Gasteiger partial charge in [0.2, 0.25) is 0 Å². The molecule has 0 unspecified atom stereocenters. The number of benzene rings is 2. The minimum absolute atomic E-state index is 0.171. The molecule has 192 valence electrons. The lowest BCUT2D eigenvalue weighted by molar-refractivity contribution is -0.139. The minimum Gasteiger partial charge on any atom is -0.322 e. The minimum atomic E-state index is -1.04. The summed E-state index contributed by atoms with van der Waals surface area (Å²) in [5.41, 5.74) is 3.90. The van der Waals surface area contributed by atoms with Crippen LogP contribution in [0.2, 0.25) is 0 Å². The zero-order valence-corrected chi connectivity index (χ0v) is 21.3. The quantitative estimate of drug-likeness (QED) is 0.500. The van der Waals surface area contributed by atoms with Gasteiger partial charge < -0.3 is 10.2 Å². The fraction of sp³-hybridized carbons (Fsp3) is 0.464. The molecule has 1 atom stereocenters. The summed E-state index contributed by atoms with van der Waals surface area (Å²) in [7, 11) is 2.15. The summed E-state index contributed by atoms with van der Waals surface area (Å²) >= 11 is 0. The number of nitrogens with one attached hydrogen (secondary N) is 2. The fourth-order valence-electron chi connectivity index (χ4n) is 5.09. The largest absolute Gasteiger partial charge is 0.344 e. The van der Waals surface area contributed by atoms with Gasteiger partial charge in [-0.15, -0.1) is 0 Å². The molecule has 2 saturated heterocycles. The molecule has 2 aromatic rings. The highest BCUT2D eigenvalue weighted by atomic mass is 16.2. The maximum atomic E-state index is 13.0. The molecule has 2 heterocycles. The van der Waals surface area contributed by atoms with Crippen molar-refractivity contribution in [3.8, 4) is 0 Å². The molecule has 4 amide bonds. The van der Waals surface area contributed by atoms with E-state index in [0.717, 1.165) is 49.6 Å². The van der Waals surface area contributed by atoms with Crippen LogP contribution in [0.25, 0.3) is 0 Å². The molecule has 0 spiro atoms. The number of urea groups is 1. The van der Waals surface area contributed by atoms with Gasteiger partial charge in [-0.3, -0.25) is 19.9 Å². The zero-order valence-electron chi connectivity index (χ0n) is 21.3. The second-order valence-electron chi connectivity index (χ2n) is 10.3. The van der Waals surface area contributed by atoms with Gasteiger partial charge in [0, 0.05) is 13.1 Å². The van der Waals surface area contributed by atoms with Crippen molar-refractivity contribution in [1.29, 1.82) is 0 Å². The maximum Gasteiger partial charge on any atom is 0.344 e. The number of hydrogen-bond donors (Lipinski definition) is 2. The lowest BCUT2D eigenvalue weighted by Gasteiger charge is -2.33. The van der Waals surface area contributed by atoms with Gasteiger partial charge in [-0.25, -0.2) is 4.79 Å². The van der Waals surface area contributed by atoms with E-state index in [0.29, 0.717) is 18.8 Å². The van der Waals surface area contributed by atoms with Gasteiger partial charge in [0.15, 0.2) is 0 Å². The Hall–Kier alpha value is -3.23. The van der Waals surface area contributed by atoms with E-state index in [1.54, 1.807) is 6.92 Å². The Bertz CT molecular complexity index is 1040. The Morgan fingerprint density at radius 2 is 1.64 bits per heavy atom. The molecule has 2 aliphatic rings. The summed E-state index contributed by atoms with van der Waals surface area (Å²) in [6.07, 6.45) is 3.15. The summed E-state index contributed by atoms with van der Waals surface area (Å²) in [5.74, 6) is -0.170. The summed E-state index contributed by atoms with van der Waals surface area (Å²) in [6, 6.07) is 19.7. The second kappa shape index (κ2) is 11.7. The van der Waals surface area contributed by atoms with Gasteiger partial charge in [-0.05, 0) is 69.8 Å². The summed E-state index contributed by atoms with van der Waals surface area (Å²) < 4.78 is 0. The van der Waals surface area contributed by atoms with E-state index in [-0.39, 0.29) is 12.5 Å². The third-order valence-electron chi connectivity index (χ3n) is 7.19. The van der Waals surface area contributed by atoms with Crippen molar-refractivity contribution in [2.24, 2.45) is 5.92 Å². The van der Waals surface area contributed by atoms with Crippen LogP contribution >= 0.6 is 0 Å². The van der Waals surface area contributed by atoms with Crippen molar-refractivity contribution >= 4 is 17.8 Å². The first-order chi connectivity index (χ1) is 17.3. The third-order valence-corrected chi connectivity index (χ3v) is 7.19. The van der Waals surface area contributed by atoms with Crippen molar-refractivity contribution in [2.75, 3.05) is 33.2 Å². The number of nitrogens with zero attached hydrogens (tertiary/aromatic N) is 3. The van der Waals surface area contributed by atoms with Crippen LogP contribution in [-0.4, -0.2) is 71.4 Å². The average molecular weight is 492 g/mol. The molecule has 2 aliphatic heterocycles. The number of carbonyl (C=O) groups is 3. The number of piperidine rings is 1. The number of amides is 4. The molecule has 0 radical (unpaired) electrons. The molecule has 0 aliphatic carbocycles. The Kier molecular flexibility index (Phi) is 8.38. The Morgan fingerprint density at radius 1 is 1.03 bits per heavy atom. The van der Waals surface area contributed by atoms with Crippen LogP contribution < -0.4 is 10.7 Å². The highest BCUT2D eigenvalue weighted by Gasteiger charge is 2.48. The lowest BCUT2D eigenvalue weighted by Crippen LogP contribution is -2.52. The van der Waals surface area contributed by atoms with Gasteiger partial charge in [-0.1, -0.05) is 60.7 Å². The van der Waals surface area contributed by atoms with Crippen molar-refractivity contribution < 1.29 is 14.4 Å². The third kappa shape index (κ3) is 6.71. The first-order valence-corrected chi connectivity index (χ1v) is 12.8. The van der Waals surface area contributed by atoms with Crippen molar-refractivity contribution in [3.63, 3.8) is 0 Å². The van der Waals surface area contributed by atoms with Crippen LogP contribution in [0.15, 0.2) is 60.7 Å². The van der Waals surface area contributed by atoms with Crippen LogP contribution in [-0.2, 0) is 22.6 Å². The molecule has 2 fully saturated rings. The van der Waals surface area contributed by atoms with E-state index >= 15 is 0 Å². The van der Waals surface area contributed by atoms with Gasteiger partial charge in [0.1, 0.15) is 5.54 Å². The predicted octanol–water partition coefficient (Wildman–Crippen LogP) is 2.80. The Labute approximate surface area is 213 Å². The van der Waals surface area contributed by atoms with Gasteiger partial charge >= 0.3 is 6.03 Å². The molecule has 0 aromatic heterocycles. The standard InChI is InChI=1S/C28H37N5O3/c1-28(16-13-22-9-5-3-6-10-22)26(35)33(27(36)29-28)30-25(34)21-32-17-14-24(15-18-32)20-31(2)19-23-11-7-4-8-12-23/h3-12,24H,13-21H2,1-2H3,(H,29,36)(H,30,34)/t28-/m0/s1. The van der Waals surface area contributed by atoms with Gasteiger partial charge in [0.25, 0.3) is 11.8 Å². The van der Waals surface area contributed by atoms with Crippen LogP contribution in [0.4, 0.5) is 4.79 Å². The highest BCUT2D eigenvalue weighted by molar-refractivity contribution is 6.07. The molecule has 2 aromatic carbocycles. The number of hydrazine groups is 1. The average Bonchev–Trinajstić information content (AvgIpc) is 3.08. The zero-order chi connectivity index (χ0) is 25.5. The SMILES string of the molecule is CN(Cc1ccccc1)CC1CCN(CC(=O)NN2C(=O)N[C@@](C)(CCc3ccccc3)C2=O)CC1. The van der Waals surface area contributed by atoms with Crippen molar-refractivity contribution in [3.05, 3.63) is 71.8 Å². The van der Waals surface area contributed by atoms with Crippen LogP contribution in [0.5, 0.6) is 0 Å². The molecule has 0 bridgehead atoms. The molecule has 8 heteroatoms. The van der Waals surface area contributed by atoms with Crippen LogP contribution in [0.3, 0.4) is 0 Å². The first kappa shape index (κ1) is 25.9. The highest BCUT2D eigenvalue weighted by Crippen LogP contribution is 2.23. The van der Waals surface area contributed by atoms with E-state index in [9.17, 15) is 14.4 Å². The monoisotopic (exact) mass is 491 g/mol. The van der Waals surface area contributed by atoms with E-state index < -0.39 is 17.5 Å². The van der Waals surface area contributed by atoms with Crippen LogP contribution in [0, 0.1) is 5.92 Å². The smallest absolute Gasteiger partial charge is 0.322 e. The van der Waals surface area contributed by atoms with E-state index in [1.807, 2.05) is 36.4 Å². The van der Waals surface area contributed by atoms with E-state index in [1.165, 1.54) is 5.56 Å². The predicted molar refractivity (Wildman–Crippen MR) is 139 cm³/mol. The maximum absolute atomic E-state index is 13.0. The van der Waals surface area contributed by atoms with Crippen molar-refractivity contribution in [1.82, 2.24) is 25.6 Å². The number of hydrogen-bond acceptors (Lipinski definition) is 5. The lowest BCUT2D eigenvalue weighted by atomic mass is 9.93. The first-order valence-electron chi connectivity index (χ1n) is 12.8. The molecule has 4 rings (SSSR count). The number of carbonyl (C=O) groups excluding carboxylic acids is 3. The van der Waals surface area contributed by atoms with Crippen LogP contribution in [0.1, 0.15) is 37.3 Å². The van der Waals surface area contributed by atoms with E-state index in [4.69, 9.17) is 0 Å². The van der Waals surface area contributed by atoms with Gasteiger partial charge in [0.05, 0.1) is 6.54 Å². The van der Waals surface area contributed by atoms with Crippen molar-refractivity contribution in [2.45, 2.75) is 44.7 Å². The number of imide groups is 1. The fourth-order valence-corrected chi connectivity index (χ4v) is 5.09. The molecule has 36 heavy (non-hydrogen) atoms. The topological polar surface area (TPSA) is 85.0 Å². The second-order valence-corrected chi connectivity index (χ2v) is 10.3. The molecular weight excluding hydrogens is 454 g/mol. The Balaban J connectivity index is 1.19. The van der Waals surface area contributed by atoms with Gasteiger partial charge in [-0.2, -0.15) is 5.01 Å². The summed E-state index contributed by atoms with van der Waals surface area (Å²) in [5, 5.41) is 3.60. The molecular formula is C28H37N5O3. The molecule has 8 nitrogen and oxygen atoms in total.